The second-order valence-electron chi connectivity index (χ2n) is 3.76. The van der Waals surface area contributed by atoms with E-state index in [0.717, 1.165) is 5.56 Å². The Balaban J connectivity index is 2.16. The quantitative estimate of drug-likeness (QED) is 0.799. The van der Waals surface area contributed by atoms with Gasteiger partial charge in [0.25, 0.3) is 0 Å². The Kier molecular flexibility index (Phi) is 2.53. The predicted molar refractivity (Wildman–Crippen MR) is 59.8 cm³/mol. The van der Waals surface area contributed by atoms with Gasteiger partial charge in [0, 0.05) is 0 Å². The number of alkyl halides is 1. The molecule has 2 atom stereocenters. The van der Waals surface area contributed by atoms with Crippen LogP contribution in [0.5, 0.6) is 0 Å². The third-order valence-electron chi connectivity index (χ3n) is 2.69. The number of rotatable bonds is 3. The molecule has 0 amide bonds. The first kappa shape index (κ1) is 10.2. The van der Waals surface area contributed by atoms with Gasteiger partial charge in [0.15, 0.2) is 0 Å². The van der Waals surface area contributed by atoms with E-state index in [-0.39, 0.29) is 5.38 Å². The van der Waals surface area contributed by atoms with Gasteiger partial charge in [-0.15, -0.1) is 11.6 Å². The fraction of sp³-hybridized carbons (Fsp3) is 0.250. The summed E-state index contributed by atoms with van der Waals surface area (Å²) in [6.07, 6.45) is 4.03. The third kappa shape index (κ3) is 1.90. The average Bonchev–Trinajstić information content (AvgIpc) is 2.90. The van der Waals surface area contributed by atoms with Gasteiger partial charge >= 0.3 is 5.97 Å². The van der Waals surface area contributed by atoms with Crippen LogP contribution in [0.3, 0.4) is 0 Å². The molecule has 1 aliphatic rings. The molecule has 3 heteroatoms. The highest BCUT2D eigenvalue weighted by atomic mass is 35.5. The lowest BCUT2D eigenvalue weighted by molar-refractivity contribution is -0.141. The van der Waals surface area contributed by atoms with Gasteiger partial charge in [-0.3, -0.25) is 4.79 Å². The van der Waals surface area contributed by atoms with E-state index < -0.39 is 11.4 Å². The van der Waals surface area contributed by atoms with Crippen molar-refractivity contribution in [3.8, 4) is 0 Å². The first-order valence-corrected chi connectivity index (χ1v) is 5.20. The number of halogens is 1. The van der Waals surface area contributed by atoms with Gasteiger partial charge < -0.3 is 5.11 Å². The number of carbonyl (C=O) groups is 1. The van der Waals surface area contributed by atoms with Crippen LogP contribution in [0.15, 0.2) is 36.4 Å². The molecular weight excluding hydrogens is 212 g/mol. The Morgan fingerprint density at radius 3 is 2.53 bits per heavy atom. The molecule has 2 nitrogen and oxygen atoms in total. The van der Waals surface area contributed by atoms with Crippen molar-refractivity contribution in [3.63, 3.8) is 0 Å². The molecule has 15 heavy (non-hydrogen) atoms. The van der Waals surface area contributed by atoms with E-state index in [2.05, 4.69) is 0 Å². The average molecular weight is 223 g/mol. The molecule has 0 saturated heterocycles. The molecule has 0 aliphatic heterocycles. The minimum Gasteiger partial charge on any atom is -0.481 e. The monoisotopic (exact) mass is 222 g/mol. The Labute approximate surface area is 93.2 Å². The Morgan fingerprint density at radius 1 is 1.47 bits per heavy atom. The van der Waals surface area contributed by atoms with Crippen molar-refractivity contribution in [3.05, 3.63) is 42.0 Å². The minimum absolute atomic E-state index is 0.269. The van der Waals surface area contributed by atoms with E-state index in [0.29, 0.717) is 6.42 Å². The van der Waals surface area contributed by atoms with Crippen molar-refractivity contribution in [1.29, 1.82) is 0 Å². The van der Waals surface area contributed by atoms with Gasteiger partial charge in [-0.2, -0.15) is 0 Å². The molecule has 0 aromatic heterocycles. The first-order chi connectivity index (χ1) is 7.15. The highest BCUT2D eigenvalue weighted by Gasteiger charge is 2.57. The summed E-state index contributed by atoms with van der Waals surface area (Å²) in [6.45, 7) is 0. The van der Waals surface area contributed by atoms with E-state index >= 15 is 0 Å². The number of hydrogen-bond acceptors (Lipinski definition) is 1. The zero-order chi connectivity index (χ0) is 10.9. The van der Waals surface area contributed by atoms with Crippen LogP contribution in [0.25, 0.3) is 6.08 Å². The lowest BCUT2D eigenvalue weighted by atomic mass is 10.1. The van der Waals surface area contributed by atoms with E-state index in [1.165, 1.54) is 0 Å². The van der Waals surface area contributed by atoms with Crippen molar-refractivity contribution >= 4 is 23.6 Å². The topological polar surface area (TPSA) is 37.3 Å². The molecule has 0 heterocycles. The smallest absolute Gasteiger partial charge is 0.315 e. The molecule has 0 bridgehead atoms. The molecule has 2 rings (SSSR count). The van der Waals surface area contributed by atoms with Crippen LogP contribution in [0.4, 0.5) is 0 Å². The Bertz CT molecular complexity index is 399. The summed E-state index contributed by atoms with van der Waals surface area (Å²) < 4.78 is 0. The van der Waals surface area contributed by atoms with E-state index in [4.69, 9.17) is 16.7 Å². The number of carboxylic acid groups (broad SMARTS) is 1. The molecule has 1 aliphatic carbocycles. The molecule has 1 aromatic rings. The SMILES string of the molecule is O=C(O)C1(C=Cc2ccccc2)CC1Cl. The van der Waals surface area contributed by atoms with Gasteiger partial charge in [-0.05, 0) is 12.0 Å². The maximum absolute atomic E-state index is 11.0. The standard InChI is InChI=1S/C12H11ClO2/c13-10-8-12(10,11(14)15)7-6-9-4-2-1-3-5-9/h1-7,10H,8H2,(H,14,15). The number of aliphatic carboxylic acids is 1. The van der Waals surface area contributed by atoms with Crippen molar-refractivity contribution < 1.29 is 9.90 Å². The molecular formula is C12H11ClO2. The van der Waals surface area contributed by atoms with Crippen molar-refractivity contribution in [2.45, 2.75) is 11.8 Å². The van der Waals surface area contributed by atoms with E-state index in [1.54, 1.807) is 6.08 Å². The Morgan fingerprint density at radius 2 is 2.07 bits per heavy atom. The summed E-state index contributed by atoms with van der Waals surface area (Å²) in [4.78, 5) is 11.0. The molecule has 1 aromatic carbocycles. The molecule has 1 N–H and O–H groups in total. The third-order valence-corrected chi connectivity index (χ3v) is 3.23. The molecule has 2 unspecified atom stereocenters. The van der Waals surface area contributed by atoms with Crippen LogP contribution in [-0.4, -0.2) is 16.5 Å². The normalized spacial score (nSPS) is 29.3. The van der Waals surface area contributed by atoms with Crippen LogP contribution >= 0.6 is 11.6 Å². The maximum atomic E-state index is 11.0. The molecule has 0 spiro atoms. The predicted octanol–water partition coefficient (Wildman–Crippen LogP) is 2.78. The van der Waals surface area contributed by atoms with Crippen LogP contribution < -0.4 is 0 Å². The van der Waals surface area contributed by atoms with E-state index in [9.17, 15) is 4.79 Å². The van der Waals surface area contributed by atoms with Crippen molar-refractivity contribution in [2.75, 3.05) is 0 Å². The molecule has 1 saturated carbocycles. The zero-order valence-electron chi connectivity index (χ0n) is 8.06. The van der Waals surface area contributed by atoms with Crippen molar-refractivity contribution in [2.24, 2.45) is 5.41 Å². The summed E-state index contributed by atoms with van der Waals surface area (Å²) in [7, 11) is 0. The summed E-state index contributed by atoms with van der Waals surface area (Å²) in [5, 5.41) is 8.75. The maximum Gasteiger partial charge on any atom is 0.315 e. The van der Waals surface area contributed by atoms with Gasteiger partial charge in [-0.25, -0.2) is 0 Å². The highest BCUT2D eigenvalue weighted by Crippen LogP contribution is 2.52. The Hall–Kier alpha value is -1.28. The zero-order valence-corrected chi connectivity index (χ0v) is 8.82. The largest absolute Gasteiger partial charge is 0.481 e. The van der Waals surface area contributed by atoms with Crippen LogP contribution in [0, 0.1) is 5.41 Å². The molecule has 78 valence electrons. The molecule has 0 radical (unpaired) electrons. The van der Waals surface area contributed by atoms with Crippen LogP contribution in [0.1, 0.15) is 12.0 Å². The number of benzene rings is 1. The number of carboxylic acids is 1. The minimum atomic E-state index is -0.838. The summed E-state index contributed by atoms with van der Waals surface area (Å²) in [5.74, 6) is -0.838. The van der Waals surface area contributed by atoms with Gasteiger partial charge in [-0.1, -0.05) is 42.5 Å². The fourth-order valence-electron chi connectivity index (χ4n) is 1.51. The summed E-state index contributed by atoms with van der Waals surface area (Å²) in [6, 6.07) is 9.61. The van der Waals surface area contributed by atoms with Crippen LogP contribution in [0.2, 0.25) is 0 Å². The lowest BCUT2D eigenvalue weighted by Crippen LogP contribution is -2.14. The second kappa shape index (κ2) is 3.70. The fourth-order valence-corrected chi connectivity index (χ4v) is 1.93. The highest BCUT2D eigenvalue weighted by molar-refractivity contribution is 6.26. The van der Waals surface area contributed by atoms with E-state index in [1.807, 2.05) is 36.4 Å². The van der Waals surface area contributed by atoms with Crippen LogP contribution in [-0.2, 0) is 4.79 Å². The molecule has 1 fully saturated rings. The summed E-state index contributed by atoms with van der Waals surface area (Å²) in [5.41, 5.74) is 0.158. The second-order valence-corrected chi connectivity index (χ2v) is 4.29. The number of hydrogen-bond donors (Lipinski definition) is 1. The summed E-state index contributed by atoms with van der Waals surface area (Å²) >= 11 is 5.84. The van der Waals surface area contributed by atoms with Gasteiger partial charge in [0.1, 0.15) is 5.41 Å². The van der Waals surface area contributed by atoms with Gasteiger partial charge in [0.05, 0.1) is 5.38 Å². The first-order valence-electron chi connectivity index (χ1n) is 4.77. The van der Waals surface area contributed by atoms with Gasteiger partial charge in [0.2, 0.25) is 0 Å². The lowest BCUT2D eigenvalue weighted by Gasteiger charge is -2.02. The van der Waals surface area contributed by atoms with Crippen molar-refractivity contribution in [1.82, 2.24) is 0 Å².